The Morgan fingerprint density at radius 2 is 1.84 bits per heavy atom. The summed E-state index contributed by atoms with van der Waals surface area (Å²) < 4.78 is 26.7. The lowest BCUT2D eigenvalue weighted by molar-refractivity contribution is 0.0788. The van der Waals surface area contributed by atoms with Crippen LogP contribution < -0.4 is 4.74 Å². The summed E-state index contributed by atoms with van der Waals surface area (Å²) in [6.07, 6.45) is 6.04. The minimum absolute atomic E-state index is 0.188. The van der Waals surface area contributed by atoms with Crippen LogP contribution in [0.25, 0.3) is 11.4 Å². The molecule has 2 saturated heterocycles. The van der Waals surface area contributed by atoms with Crippen molar-refractivity contribution in [2.24, 2.45) is 5.92 Å². The highest BCUT2D eigenvalue weighted by molar-refractivity contribution is 6.33. The van der Waals surface area contributed by atoms with Crippen LogP contribution >= 0.6 is 11.6 Å². The number of nitrogens with zero attached hydrogens (tertiary/aromatic N) is 4. The third-order valence-electron chi connectivity index (χ3n) is 7.86. The zero-order valence-corrected chi connectivity index (χ0v) is 22.1. The average Bonchev–Trinajstić information content (AvgIpc) is 3.41. The van der Waals surface area contributed by atoms with Gasteiger partial charge in [0.05, 0.1) is 23.7 Å². The van der Waals surface area contributed by atoms with Crippen molar-refractivity contribution in [2.45, 2.75) is 51.0 Å². The van der Waals surface area contributed by atoms with Gasteiger partial charge in [-0.2, -0.15) is 4.98 Å². The highest BCUT2D eigenvalue weighted by Crippen LogP contribution is 2.45. The van der Waals surface area contributed by atoms with Crippen LogP contribution in [0.2, 0.25) is 5.02 Å². The number of ether oxygens (including phenoxy) is 1. The molecule has 0 N–H and O–H groups in total. The van der Waals surface area contributed by atoms with Crippen LogP contribution in [-0.4, -0.2) is 58.6 Å². The number of benzene rings is 2. The van der Waals surface area contributed by atoms with Gasteiger partial charge in [0.2, 0.25) is 11.7 Å². The Bertz CT molecular complexity index is 1300. The molecule has 3 fully saturated rings. The molecule has 0 atom stereocenters. The maximum Gasteiger partial charge on any atom is 0.256 e. The maximum absolute atomic E-state index is 15.0. The number of halogens is 2. The molecule has 9 heteroatoms. The van der Waals surface area contributed by atoms with E-state index in [0.717, 1.165) is 62.7 Å². The topological polar surface area (TPSA) is 71.7 Å². The highest BCUT2D eigenvalue weighted by Gasteiger charge is 2.31. The van der Waals surface area contributed by atoms with Gasteiger partial charge in [0, 0.05) is 24.7 Å². The van der Waals surface area contributed by atoms with Gasteiger partial charge in [-0.05, 0) is 87.2 Å². The lowest BCUT2D eigenvalue weighted by Gasteiger charge is -2.31. The molecule has 3 aromatic rings. The lowest BCUT2D eigenvalue weighted by atomic mass is 9.97. The fourth-order valence-corrected chi connectivity index (χ4v) is 5.67. The molecule has 1 aromatic heterocycles. The zero-order valence-electron chi connectivity index (χ0n) is 21.4. The van der Waals surface area contributed by atoms with Crippen molar-refractivity contribution in [3.63, 3.8) is 0 Å². The summed E-state index contributed by atoms with van der Waals surface area (Å²) in [6.45, 7) is 4.35. The van der Waals surface area contributed by atoms with Gasteiger partial charge < -0.3 is 14.2 Å². The summed E-state index contributed by atoms with van der Waals surface area (Å²) in [5.41, 5.74) is 1.93. The second kappa shape index (κ2) is 11.0. The quantitative estimate of drug-likeness (QED) is 0.354. The molecule has 0 spiro atoms. The minimum Gasteiger partial charge on any atom is -0.493 e. The summed E-state index contributed by atoms with van der Waals surface area (Å²) >= 11 is 6.26. The van der Waals surface area contributed by atoms with Crippen molar-refractivity contribution in [1.29, 1.82) is 0 Å². The summed E-state index contributed by atoms with van der Waals surface area (Å²) in [6, 6.07) is 10.7. The molecule has 0 radical (unpaired) electrons. The molecule has 3 heterocycles. The fraction of sp³-hybridized carbons (Fsp3) is 0.483. The van der Waals surface area contributed by atoms with Crippen LogP contribution in [0.4, 0.5) is 4.39 Å². The SMILES string of the molecule is O=C(c1cc(C2CC2)c(OCC2CCN(Cc3nc(-c4ccccc4Cl)no3)CC2)cc1F)N1CCCC1. The Hall–Kier alpha value is -2.97. The normalized spacial score (nSPS) is 18.7. The van der Waals surface area contributed by atoms with Crippen molar-refractivity contribution in [3.8, 4) is 17.1 Å². The van der Waals surface area contributed by atoms with E-state index < -0.39 is 5.82 Å². The van der Waals surface area contributed by atoms with Crippen molar-refractivity contribution >= 4 is 17.5 Å². The first-order chi connectivity index (χ1) is 18.5. The van der Waals surface area contributed by atoms with E-state index in [9.17, 15) is 4.79 Å². The smallest absolute Gasteiger partial charge is 0.256 e. The van der Waals surface area contributed by atoms with E-state index in [-0.39, 0.29) is 11.5 Å². The van der Waals surface area contributed by atoms with E-state index in [0.29, 0.717) is 60.6 Å². The molecule has 7 nitrogen and oxygen atoms in total. The molecule has 2 aliphatic heterocycles. The molecule has 2 aromatic carbocycles. The molecule has 3 aliphatic rings. The Balaban J connectivity index is 1.03. The van der Waals surface area contributed by atoms with Gasteiger partial charge in [0.1, 0.15) is 11.6 Å². The Morgan fingerprint density at radius 3 is 2.58 bits per heavy atom. The number of rotatable bonds is 8. The molecular formula is C29H32ClFN4O3. The molecule has 6 rings (SSSR count). The molecule has 1 amide bonds. The number of likely N-dealkylation sites (tertiary alicyclic amines) is 2. The van der Waals surface area contributed by atoms with Crippen molar-refractivity contribution in [2.75, 3.05) is 32.8 Å². The standard InChI is InChI=1S/C29H32ClFN4O3/c30-24-6-2-1-5-21(24)28-32-27(38-33-28)17-34-13-9-19(10-14-34)18-37-26-16-25(31)23(15-22(26)20-7-8-20)29(36)35-11-3-4-12-35/h1-2,5-6,15-16,19-20H,3-4,7-14,17-18H2. The average molecular weight is 539 g/mol. The first-order valence-corrected chi connectivity index (χ1v) is 14.0. The minimum atomic E-state index is -0.480. The summed E-state index contributed by atoms with van der Waals surface area (Å²) in [5, 5.41) is 4.69. The largest absolute Gasteiger partial charge is 0.493 e. The second-order valence-corrected chi connectivity index (χ2v) is 11.1. The van der Waals surface area contributed by atoms with Crippen molar-refractivity contribution < 1.29 is 18.4 Å². The Kier molecular flexibility index (Phi) is 7.34. The third kappa shape index (κ3) is 5.57. The number of amides is 1. The predicted molar refractivity (Wildman–Crippen MR) is 142 cm³/mol. The van der Waals surface area contributed by atoms with E-state index in [1.54, 1.807) is 11.0 Å². The predicted octanol–water partition coefficient (Wildman–Crippen LogP) is 5.93. The monoisotopic (exact) mass is 538 g/mol. The van der Waals surface area contributed by atoms with Gasteiger partial charge in [-0.1, -0.05) is 28.9 Å². The summed E-state index contributed by atoms with van der Waals surface area (Å²) in [7, 11) is 0. The first-order valence-electron chi connectivity index (χ1n) is 13.6. The molecule has 0 bridgehead atoms. The molecular weight excluding hydrogens is 507 g/mol. The Morgan fingerprint density at radius 1 is 1.08 bits per heavy atom. The molecule has 200 valence electrons. The van der Waals surface area contributed by atoms with E-state index in [2.05, 4.69) is 15.0 Å². The number of aromatic nitrogens is 2. The van der Waals surface area contributed by atoms with E-state index >= 15 is 4.39 Å². The number of carbonyl (C=O) groups is 1. The molecule has 0 unspecified atom stereocenters. The van der Waals surface area contributed by atoms with Gasteiger partial charge in [0.15, 0.2) is 0 Å². The van der Waals surface area contributed by atoms with Gasteiger partial charge in [-0.3, -0.25) is 9.69 Å². The van der Waals surface area contributed by atoms with Gasteiger partial charge in [0.25, 0.3) is 5.91 Å². The first kappa shape index (κ1) is 25.3. The van der Waals surface area contributed by atoms with E-state index in [4.69, 9.17) is 20.9 Å². The number of hydrogen-bond donors (Lipinski definition) is 0. The summed E-state index contributed by atoms with van der Waals surface area (Å²) in [5.74, 6) is 1.75. The van der Waals surface area contributed by atoms with Gasteiger partial charge in [-0.15, -0.1) is 0 Å². The second-order valence-electron chi connectivity index (χ2n) is 10.7. The zero-order chi connectivity index (χ0) is 26.1. The molecule has 1 saturated carbocycles. The lowest BCUT2D eigenvalue weighted by Crippen LogP contribution is -2.35. The molecule has 38 heavy (non-hydrogen) atoms. The summed E-state index contributed by atoms with van der Waals surface area (Å²) in [4.78, 5) is 21.4. The fourth-order valence-electron chi connectivity index (χ4n) is 5.45. The van der Waals surface area contributed by atoms with Crippen LogP contribution in [0.1, 0.15) is 66.3 Å². The number of piperidine rings is 1. The maximum atomic E-state index is 15.0. The van der Waals surface area contributed by atoms with Crippen molar-refractivity contribution in [1.82, 2.24) is 19.9 Å². The van der Waals surface area contributed by atoms with E-state index in [1.165, 1.54) is 6.07 Å². The van der Waals surface area contributed by atoms with Crippen molar-refractivity contribution in [3.05, 3.63) is 64.3 Å². The van der Waals surface area contributed by atoms with Gasteiger partial charge >= 0.3 is 0 Å². The third-order valence-corrected chi connectivity index (χ3v) is 8.19. The number of hydrogen-bond acceptors (Lipinski definition) is 6. The van der Waals surface area contributed by atoms with E-state index in [1.807, 2.05) is 24.3 Å². The van der Waals surface area contributed by atoms with Gasteiger partial charge in [-0.25, -0.2) is 4.39 Å². The van der Waals surface area contributed by atoms with Crippen LogP contribution in [0.15, 0.2) is 40.9 Å². The Labute approximate surface area is 226 Å². The van der Waals surface area contributed by atoms with Crippen LogP contribution in [-0.2, 0) is 6.54 Å². The van der Waals surface area contributed by atoms with Crippen LogP contribution in [0.5, 0.6) is 5.75 Å². The molecule has 1 aliphatic carbocycles. The highest BCUT2D eigenvalue weighted by atomic mass is 35.5. The number of carbonyl (C=O) groups excluding carboxylic acids is 1. The van der Waals surface area contributed by atoms with Crippen LogP contribution in [0, 0.1) is 11.7 Å². The van der Waals surface area contributed by atoms with Crippen LogP contribution in [0.3, 0.4) is 0 Å².